The Morgan fingerprint density at radius 3 is 2.78 bits per heavy atom. The average molecular weight is 320 g/mol. The van der Waals surface area contributed by atoms with Gasteiger partial charge in [0.1, 0.15) is 5.82 Å². The lowest BCUT2D eigenvalue weighted by molar-refractivity contribution is -0.385. The van der Waals surface area contributed by atoms with Crippen molar-refractivity contribution in [3.63, 3.8) is 0 Å². The first-order valence-electron chi connectivity index (χ1n) is 7.40. The van der Waals surface area contributed by atoms with Gasteiger partial charge in [-0.15, -0.1) is 0 Å². The fourth-order valence-electron chi connectivity index (χ4n) is 2.55. The van der Waals surface area contributed by atoms with Gasteiger partial charge in [-0.05, 0) is 6.07 Å². The summed E-state index contributed by atoms with van der Waals surface area (Å²) in [6.07, 6.45) is 3.33. The highest BCUT2D eigenvalue weighted by atomic mass is 19.1. The summed E-state index contributed by atoms with van der Waals surface area (Å²) in [6.45, 7) is 4.87. The van der Waals surface area contributed by atoms with E-state index in [0.717, 1.165) is 38.9 Å². The van der Waals surface area contributed by atoms with Gasteiger partial charge >= 0.3 is 0 Å². The standard InChI is InChI=1S/C15H17FN4O3/c16-15-9-13(20(21)22)1-2-14(15)12-10-17-19(11-12)4-3-18-5-7-23-8-6-18/h1-2,9-11H,3-8H2. The van der Waals surface area contributed by atoms with E-state index in [2.05, 4.69) is 10.00 Å². The van der Waals surface area contributed by atoms with Crippen LogP contribution >= 0.6 is 0 Å². The van der Waals surface area contributed by atoms with Gasteiger partial charge in [-0.2, -0.15) is 5.10 Å². The Kier molecular flexibility index (Phi) is 4.63. The molecule has 1 aliphatic heterocycles. The number of non-ortho nitro benzene ring substituents is 1. The molecule has 2 aromatic rings. The highest BCUT2D eigenvalue weighted by molar-refractivity contribution is 5.64. The topological polar surface area (TPSA) is 73.4 Å². The lowest BCUT2D eigenvalue weighted by atomic mass is 10.1. The number of hydrogen-bond acceptors (Lipinski definition) is 5. The molecule has 2 heterocycles. The summed E-state index contributed by atoms with van der Waals surface area (Å²) in [5, 5.41) is 14.9. The minimum absolute atomic E-state index is 0.258. The molecule has 1 aliphatic rings. The third-order valence-corrected chi connectivity index (χ3v) is 3.86. The zero-order chi connectivity index (χ0) is 16.2. The smallest absolute Gasteiger partial charge is 0.272 e. The van der Waals surface area contributed by atoms with Gasteiger partial charge < -0.3 is 4.74 Å². The number of halogens is 1. The van der Waals surface area contributed by atoms with E-state index >= 15 is 0 Å². The van der Waals surface area contributed by atoms with E-state index in [9.17, 15) is 14.5 Å². The summed E-state index contributed by atoms with van der Waals surface area (Å²) in [4.78, 5) is 12.3. The molecule has 0 spiro atoms. The molecular weight excluding hydrogens is 303 g/mol. The van der Waals surface area contributed by atoms with Crippen molar-refractivity contribution < 1.29 is 14.1 Å². The number of benzene rings is 1. The van der Waals surface area contributed by atoms with Crippen LogP contribution in [0.4, 0.5) is 10.1 Å². The lowest BCUT2D eigenvalue weighted by Crippen LogP contribution is -2.38. The van der Waals surface area contributed by atoms with E-state index in [1.807, 2.05) is 0 Å². The van der Waals surface area contributed by atoms with E-state index in [1.54, 1.807) is 17.1 Å². The number of morpholine rings is 1. The molecule has 0 N–H and O–H groups in total. The van der Waals surface area contributed by atoms with Gasteiger partial charge in [0.15, 0.2) is 0 Å². The Hall–Kier alpha value is -2.32. The van der Waals surface area contributed by atoms with Gasteiger partial charge in [0, 0.05) is 43.0 Å². The van der Waals surface area contributed by atoms with Gasteiger partial charge in [0.25, 0.3) is 5.69 Å². The number of hydrogen-bond donors (Lipinski definition) is 0. The molecule has 1 aromatic heterocycles. The van der Waals surface area contributed by atoms with Gasteiger partial charge in [-0.1, -0.05) is 0 Å². The second-order valence-corrected chi connectivity index (χ2v) is 5.37. The minimum Gasteiger partial charge on any atom is -0.379 e. The van der Waals surface area contributed by atoms with E-state index in [-0.39, 0.29) is 5.69 Å². The molecule has 0 unspecified atom stereocenters. The molecule has 0 amide bonds. The van der Waals surface area contributed by atoms with E-state index in [0.29, 0.717) is 17.7 Å². The maximum absolute atomic E-state index is 14.0. The van der Waals surface area contributed by atoms with Crippen molar-refractivity contribution in [3.8, 4) is 11.1 Å². The van der Waals surface area contributed by atoms with E-state index in [4.69, 9.17) is 4.74 Å². The van der Waals surface area contributed by atoms with Crippen molar-refractivity contribution in [3.05, 3.63) is 46.5 Å². The molecule has 8 heteroatoms. The lowest BCUT2D eigenvalue weighted by Gasteiger charge is -2.26. The van der Waals surface area contributed by atoms with Crippen molar-refractivity contribution in [1.29, 1.82) is 0 Å². The summed E-state index contributed by atoms with van der Waals surface area (Å²) < 4.78 is 21.1. The normalized spacial score (nSPS) is 15.7. The SMILES string of the molecule is O=[N+]([O-])c1ccc(-c2cnn(CCN3CCOCC3)c2)c(F)c1. The second kappa shape index (κ2) is 6.84. The minimum atomic E-state index is -0.619. The number of aromatic nitrogens is 2. The zero-order valence-electron chi connectivity index (χ0n) is 12.5. The molecule has 1 fully saturated rings. The fourth-order valence-corrected chi connectivity index (χ4v) is 2.55. The van der Waals surface area contributed by atoms with Crippen LogP contribution in [0.5, 0.6) is 0 Å². The molecule has 23 heavy (non-hydrogen) atoms. The highest BCUT2D eigenvalue weighted by Crippen LogP contribution is 2.25. The van der Waals surface area contributed by atoms with Gasteiger partial charge in [0.05, 0.1) is 36.9 Å². The van der Waals surface area contributed by atoms with Crippen molar-refractivity contribution in [1.82, 2.24) is 14.7 Å². The van der Waals surface area contributed by atoms with Crippen molar-refractivity contribution in [2.24, 2.45) is 0 Å². The molecule has 0 atom stereocenters. The van der Waals surface area contributed by atoms with Crippen LogP contribution in [-0.2, 0) is 11.3 Å². The van der Waals surface area contributed by atoms with Crippen LogP contribution in [0, 0.1) is 15.9 Å². The van der Waals surface area contributed by atoms with Gasteiger partial charge in [-0.25, -0.2) is 4.39 Å². The first-order chi connectivity index (χ1) is 11.1. The quantitative estimate of drug-likeness (QED) is 0.622. The zero-order valence-corrected chi connectivity index (χ0v) is 12.5. The van der Waals surface area contributed by atoms with Crippen molar-refractivity contribution in [2.45, 2.75) is 6.54 Å². The summed E-state index contributed by atoms with van der Waals surface area (Å²) >= 11 is 0. The Labute approximate surface area is 132 Å². The molecule has 122 valence electrons. The Bertz CT molecular complexity index is 698. The Morgan fingerprint density at radius 1 is 1.30 bits per heavy atom. The summed E-state index contributed by atoms with van der Waals surface area (Å²) in [5.74, 6) is -0.619. The van der Waals surface area contributed by atoms with Gasteiger partial charge in [0.2, 0.25) is 0 Å². The highest BCUT2D eigenvalue weighted by Gasteiger charge is 2.14. The first-order valence-corrected chi connectivity index (χ1v) is 7.40. The number of nitrogens with zero attached hydrogens (tertiary/aromatic N) is 4. The number of nitro benzene ring substituents is 1. The molecule has 1 aromatic carbocycles. The summed E-state index contributed by atoms with van der Waals surface area (Å²) in [7, 11) is 0. The third-order valence-electron chi connectivity index (χ3n) is 3.86. The first kappa shape index (κ1) is 15.6. The molecule has 0 bridgehead atoms. The molecule has 0 saturated carbocycles. The Balaban J connectivity index is 1.67. The predicted molar refractivity (Wildman–Crippen MR) is 81.5 cm³/mol. The fraction of sp³-hybridized carbons (Fsp3) is 0.400. The van der Waals surface area contributed by atoms with Crippen molar-refractivity contribution in [2.75, 3.05) is 32.8 Å². The van der Waals surface area contributed by atoms with Crippen LogP contribution in [0.25, 0.3) is 11.1 Å². The molecule has 0 radical (unpaired) electrons. The summed E-state index contributed by atoms with van der Waals surface area (Å²) in [5.41, 5.74) is 0.665. The monoisotopic (exact) mass is 320 g/mol. The second-order valence-electron chi connectivity index (χ2n) is 5.37. The van der Waals surface area contributed by atoms with Crippen molar-refractivity contribution >= 4 is 5.69 Å². The number of rotatable bonds is 5. The number of ether oxygens (including phenoxy) is 1. The molecular formula is C15H17FN4O3. The van der Waals surface area contributed by atoms with Crippen LogP contribution in [0.3, 0.4) is 0 Å². The molecule has 3 rings (SSSR count). The predicted octanol–water partition coefficient (Wildman–Crippen LogP) is 1.93. The average Bonchev–Trinajstić information content (AvgIpc) is 3.02. The van der Waals surface area contributed by atoms with Crippen LogP contribution in [0.2, 0.25) is 0 Å². The largest absolute Gasteiger partial charge is 0.379 e. The number of nitro groups is 1. The van der Waals surface area contributed by atoms with Crippen LogP contribution in [-0.4, -0.2) is 52.5 Å². The third kappa shape index (κ3) is 3.72. The van der Waals surface area contributed by atoms with Gasteiger partial charge in [-0.3, -0.25) is 19.7 Å². The maximum Gasteiger partial charge on any atom is 0.272 e. The molecule has 7 nitrogen and oxygen atoms in total. The summed E-state index contributed by atoms with van der Waals surface area (Å²) in [6, 6.07) is 3.64. The van der Waals surface area contributed by atoms with E-state index in [1.165, 1.54) is 12.1 Å². The van der Waals surface area contributed by atoms with E-state index < -0.39 is 10.7 Å². The van der Waals surface area contributed by atoms with Crippen LogP contribution in [0.1, 0.15) is 0 Å². The maximum atomic E-state index is 14.0. The molecule has 1 saturated heterocycles. The Morgan fingerprint density at radius 2 is 2.09 bits per heavy atom. The van der Waals surface area contributed by atoms with Crippen LogP contribution < -0.4 is 0 Å². The van der Waals surface area contributed by atoms with Crippen LogP contribution in [0.15, 0.2) is 30.6 Å². The molecule has 0 aliphatic carbocycles.